The van der Waals surface area contributed by atoms with Gasteiger partial charge in [-0.15, -0.1) is 12.4 Å². The van der Waals surface area contributed by atoms with Crippen LogP contribution in [0.15, 0.2) is 24.3 Å². The molecule has 1 fully saturated rings. The highest BCUT2D eigenvalue weighted by Crippen LogP contribution is 2.10. The van der Waals surface area contributed by atoms with Crippen molar-refractivity contribution in [2.75, 3.05) is 19.7 Å². The summed E-state index contributed by atoms with van der Waals surface area (Å²) >= 11 is 0. The first kappa shape index (κ1) is 13.5. The van der Waals surface area contributed by atoms with Crippen LogP contribution in [0.4, 0.5) is 0 Å². The average Bonchev–Trinajstić information content (AvgIpc) is 2.71. The lowest BCUT2D eigenvalue weighted by atomic mass is 10.1. The summed E-state index contributed by atoms with van der Waals surface area (Å²) in [6.45, 7) is 6.02. The number of halogens is 1. The molecule has 0 bridgehead atoms. The van der Waals surface area contributed by atoms with Gasteiger partial charge < -0.3 is 10.1 Å². The molecule has 0 aliphatic carbocycles. The highest BCUT2D eigenvalue weighted by atomic mass is 35.5. The molecule has 2 nitrogen and oxygen atoms in total. The molecule has 1 aromatic carbocycles. The van der Waals surface area contributed by atoms with Crippen LogP contribution in [-0.2, 0) is 11.3 Å². The number of rotatable bonds is 4. The van der Waals surface area contributed by atoms with E-state index in [1.807, 2.05) is 0 Å². The molecule has 1 aliphatic heterocycles. The third kappa shape index (κ3) is 4.12. The van der Waals surface area contributed by atoms with Crippen molar-refractivity contribution in [2.24, 2.45) is 5.92 Å². The number of ether oxygens (including phenoxy) is 1. The Kier molecular flexibility index (Phi) is 5.81. The van der Waals surface area contributed by atoms with Crippen LogP contribution in [0.1, 0.15) is 17.5 Å². The Hall–Kier alpha value is -0.570. The SMILES string of the molecule is Cc1cccc(COCC2CCNC2)c1.Cl. The molecule has 0 radical (unpaired) electrons. The largest absolute Gasteiger partial charge is 0.376 e. The van der Waals surface area contributed by atoms with Crippen molar-refractivity contribution in [3.63, 3.8) is 0 Å². The van der Waals surface area contributed by atoms with Crippen molar-refractivity contribution < 1.29 is 4.74 Å². The highest BCUT2D eigenvalue weighted by Gasteiger charge is 2.13. The van der Waals surface area contributed by atoms with E-state index in [4.69, 9.17) is 4.74 Å². The molecule has 1 unspecified atom stereocenters. The van der Waals surface area contributed by atoms with Crippen LogP contribution < -0.4 is 5.32 Å². The van der Waals surface area contributed by atoms with Crippen molar-refractivity contribution in [3.8, 4) is 0 Å². The van der Waals surface area contributed by atoms with Crippen molar-refractivity contribution >= 4 is 12.4 Å². The molecule has 1 N–H and O–H groups in total. The standard InChI is InChI=1S/C13H19NO.ClH/c1-11-3-2-4-12(7-11)9-15-10-13-5-6-14-8-13;/h2-4,7,13-14H,5-6,8-10H2,1H3;1H. The van der Waals surface area contributed by atoms with E-state index in [1.165, 1.54) is 17.5 Å². The summed E-state index contributed by atoms with van der Waals surface area (Å²) in [5.74, 6) is 0.717. The first-order valence-electron chi connectivity index (χ1n) is 5.68. The second-order valence-electron chi connectivity index (χ2n) is 4.36. The number of benzene rings is 1. The number of aryl methyl sites for hydroxylation is 1. The van der Waals surface area contributed by atoms with Crippen LogP contribution in [0, 0.1) is 12.8 Å². The summed E-state index contributed by atoms with van der Waals surface area (Å²) in [6, 6.07) is 8.52. The molecule has 1 heterocycles. The summed E-state index contributed by atoms with van der Waals surface area (Å²) < 4.78 is 5.72. The number of hydrogen-bond donors (Lipinski definition) is 1. The van der Waals surface area contributed by atoms with E-state index < -0.39 is 0 Å². The fourth-order valence-electron chi connectivity index (χ4n) is 2.00. The van der Waals surface area contributed by atoms with Crippen LogP contribution in [0.25, 0.3) is 0 Å². The molecule has 2 rings (SSSR count). The topological polar surface area (TPSA) is 21.3 Å². The average molecular weight is 242 g/mol. The van der Waals surface area contributed by atoms with Gasteiger partial charge in [0.25, 0.3) is 0 Å². The summed E-state index contributed by atoms with van der Waals surface area (Å²) in [5, 5.41) is 3.35. The van der Waals surface area contributed by atoms with E-state index in [0.29, 0.717) is 0 Å². The molecule has 90 valence electrons. The molecule has 16 heavy (non-hydrogen) atoms. The highest BCUT2D eigenvalue weighted by molar-refractivity contribution is 5.85. The van der Waals surface area contributed by atoms with Gasteiger partial charge in [0.15, 0.2) is 0 Å². The molecule has 0 saturated carbocycles. The van der Waals surface area contributed by atoms with Gasteiger partial charge in [-0.2, -0.15) is 0 Å². The van der Waals surface area contributed by atoms with Crippen molar-refractivity contribution in [1.29, 1.82) is 0 Å². The van der Waals surface area contributed by atoms with Crippen LogP contribution in [0.5, 0.6) is 0 Å². The van der Waals surface area contributed by atoms with Crippen LogP contribution in [0.3, 0.4) is 0 Å². The van der Waals surface area contributed by atoms with Crippen molar-refractivity contribution in [3.05, 3.63) is 35.4 Å². The van der Waals surface area contributed by atoms with Gasteiger partial charge in [-0.05, 0) is 31.4 Å². The lowest BCUT2D eigenvalue weighted by molar-refractivity contribution is 0.0924. The molecular weight excluding hydrogens is 222 g/mol. The zero-order valence-electron chi connectivity index (χ0n) is 9.74. The first-order chi connectivity index (χ1) is 7.34. The minimum absolute atomic E-state index is 0. The predicted molar refractivity (Wildman–Crippen MR) is 69.1 cm³/mol. The van der Waals surface area contributed by atoms with E-state index in [-0.39, 0.29) is 12.4 Å². The minimum Gasteiger partial charge on any atom is -0.376 e. The Morgan fingerprint density at radius 3 is 3.00 bits per heavy atom. The molecule has 3 heteroatoms. The molecule has 0 amide bonds. The Labute approximate surface area is 104 Å². The van der Waals surface area contributed by atoms with Crippen molar-refractivity contribution in [1.82, 2.24) is 5.32 Å². The van der Waals surface area contributed by atoms with Gasteiger partial charge >= 0.3 is 0 Å². The van der Waals surface area contributed by atoms with Crippen molar-refractivity contribution in [2.45, 2.75) is 20.0 Å². The molecule has 0 aromatic heterocycles. The number of nitrogens with one attached hydrogen (secondary N) is 1. The Bertz CT molecular complexity index is 311. The lowest BCUT2D eigenvalue weighted by Crippen LogP contribution is -2.13. The molecule has 1 aromatic rings. The van der Waals surface area contributed by atoms with Gasteiger partial charge in [-0.3, -0.25) is 0 Å². The van der Waals surface area contributed by atoms with Crippen LogP contribution in [0.2, 0.25) is 0 Å². The first-order valence-corrected chi connectivity index (χ1v) is 5.68. The number of hydrogen-bond acceptors (Lipinski definition) is 2. The van der Waals surface area contributed by atoms with E-state index >= 15 is 0 Å². The fourth-order valence-corrected chi connectivity index (χ4v) is 2.00. The molecule has 0 spiro atoms. The van der Waals surface area contributed by atoms with Gasteiger partial charge in [0, 0.05) is 6.54 Å². The predicted octanol–water partition coefficient (Wildman–Crippen LogP) is 2.54. The Morgan fingerprint density at radius 2 is 2.31 bits per heavy atom. The third-order valence-electron chi connectivity index (χ3n) is 2.87. The molecule has 1 atom stereocenters. The molecule has 1 aliphatic rings. The van der Waals surface area contributed by atoms with Crippen LogP contribution >= 0.6 is 12.4 Å². The van der Waals surface area contributed by atoms with E-state index in [0.717, 1.165) is 32.2 Å². The Morgan fingerprint density at radius 1 is 1.44 bits per heavy atom. The summed E-state index contributed by atoms with van der Waals surface area (Å²) in [6.07, 6.45) is 1.26. The second-order valence-corrected chi connectivity index (χ2v) is 4.36. The summed E-state index contributed by atoms with van der Waals surface area (Å²) in [5.41, 5.74) is 2.58. The quantitative estimate of drug-likeness (QED) is 0.875. The molecular formula is C13H20ClNO. The summed E-state index contributed by atoms with van der Waals surface area (Å²) in [7, 11) is 0. The normalized spacial score (nSPS) is 19.4. The molecule has 1 saturated heterocycles. The fraction of sp³-hybridized carbons (Fsp3) is 0.538. The zero-order valence-corrected chi connectivity index (χ0v) is 10.6. The maximum absolute atomic E-state index is 5.72. The van der Waals surface area contributed by atoms with E-state index in [2.05, 4.69) is 36.5 Å². The Balaban J connectivity index is 0.00000128. The van der Waals surface area contributed by atoms with Gasteiger partial charge in [0.1, 0.15) is 0 Å². The smallest absolute Gasteiger partial charge is 0.0717 e. The second kappa shape index (κ2) is 6.89. The van der Waals surface area contributed by atoms with E-state index in [1.54, 1.807) is 0 Å². The third-order valence-corrected chi connectivity index (χ3v) is 2.87. The minimum atomic E-state index is 0. The monoisotopic (exact) mass is 241 g/mol. The van der Waals surface area contributed by atoms with E-state index in [9.17, 15) is 0 Å². The zero-order chi connectivity index (χ0) is 10.5. The van der Waals surface area contributed by atoms with Gasteiger partial charge in [0.2, 0.25) is 0 Å². The van der Waals surface area contributed by atoms with Crippen LogP contribution in [-0.4, -0.2) is 19.7 Å². The van der Waals surface area contributed by atoms with Gasteiger partial charge in [-0.25, -0.2) is 0 Å². The van der Waals surface area contributed by atoms with Gasteiger partial charge in [0.05, 0.1) is 13.2 Å². The maximum atomic E-state index is 5.72. The summed E-state index contributed by atoms with van der Waals surface area (Å²) in [4.78, 5) is 0. The van der Waals surface area contributed by atoms with Gasteiger partial charge in [-0.1, -0.05) is 29.8 Å². The lowest BCUT2D eigenvalue weighted by Gasteiger charge is -2.09. The maximum Gasteiger partial charge on any atom is 0.0717 e.